The standard InChI is InChI=1S/C14H22N2O/c1-3-12-4-6-14(7-5-12)16-9-8-15-13(10-16)11-17-2/h4-7,13,15H,3,8-11H2,1-2H3. The third-order valence-electron chi connectivity index (χ3n) is 3.33. The zero-order valence-corrected chi connectivity index (χ0v) is 10.8. The number of nitrogens with one attached hydrogen (secondary N) is 1. The average Bonchev–Trinajstić information content (AvgIpc) is 2.40. The lowest BCUT2D eigenvalue weighted by Crippen LogP contribution is -2.52. The molecule has 94 valence electrons. The summed E-state index contributed by atoms with van der Waals surface area (Å²) in [6.45, 7) is 6.10. The Morgan fingerprint density at radius 1 is 1.35 bits per heavy atom. The van der Waals surface area contributed by atoms with Crippen LogP contribution in [0.25, 0.3) is 0 Å². The number of ether oxygens (including phenoxy) is 1. The van der Waals surface area contributed by atoms with Gasteiger partial charge in [-0.25, -0.2) is 0 Å². The minimum absolute atomic E-state index is 0.444. The van der Waals surface area contributed by atoms with Gasteiger partial charge in [-0.05, 0) is 24.1 Å². The fraction of sp³-hybridized carbons (Fsp3) is 0.571. The van der Waals surface area contributed by atoms with Crippen LogP contribution < -0.4 is 10.2 Å². The molecule has 1 aliphatic rings. The van der Waals surface area contributed by atoms with E-state index in [0.717, 1.165) is 32.7 Å². The van der Waals surface area contributed by atoms with Crippen LogP contribution in [-0.2, 0) is 11.2 Å². The highest BCUT2D eigenvalue weighted by Gasteiger charge is 2.18. The Kier molecular flexibility index (Phi) is 4.40. The van der Waals surface area contributed by atoms with Crippen LogP contribution in [0.1, 0.15) is 12.5 Å². The van der Waals surface area contributed by atoms with E-state index in [1.807, 2.05) is 0 Å². The van der Waals surface area contributed by atoms with E-state index in [4.69, 9.17) is 4.74 Å². The molecule has 17 heavy (non-hydrogen) atoms. The summed E-state index contributed by atoms with van der Waals surface area (Å²) in [5.74, 6) is 0. The van der Waals surface area contributed by atoms with Gasteiger partial charge in [0.15, 0.2) is 0 Å². The van der Waals surface area contributed by atoms with Gasteiger partial charge in [0.05, 0.1) is 6.61 Å². The highest BCUT2D eigenvalue weighted by molar-refractivity contribution is 5.48. The SMILES string of the molecule is CCc1ccc(N2CCNC(COC)C2)cc1. The first kappa shape index (κ1) is 12.4. The summed E-state index contributed by atoms with van der Waals surface area (Å²) in [4.78, 5) is 2.43. The van der Waals surface area contributed by atoms with E-state index in [1.54, 1.807) is 7.11 Å². The molecule has 3 nitrogen and oxygen atoms in total. The van der Waals surface area contributed by atoms with Gasteiger partial charge in [-0.15, -0.1) is 0 Å². The van der Waals surface area contributed by atoms with Gasteiger partial charge < -0.3 is 15.0 Å². The van der Waals surface area contributed by atoms with Crippen molar-refractivity contribution in [3.63, 3.8) is 0 Å². The van der Waals surface area contributed by atoms with E-state index in [0.29, 0.717) is 6.04 Å². The minimum atomic E-state index is 0.444. The first-order chi connectivity index (χ1) is 8.33. The number of anilines is 1. The van der Waals surface area contributed by atoms with Gasteiger partial charge in [0, 0.05) is 38.5 Å². The summed E-state index contributed by atoms with van der Waals surface area (Å²) >= 11 is 0. The first-order valence-electron chi connectivity index (χ1n) is 6.39. The van der Waals surface area contributed by atoms with Crippen LogP contribution >= 0.6 is 0 Å². The Morgan fingerprint density at radius 3 is 2.76 bits per heavy atom. The van der Waals surface area contributed by atoms with Crippen LogP contribution in [-0.4, -0.2) is 39.4 Å². The van der Waals surface area contributed by atoms with Crippen molar-refractivity contribution >= 4 is 5.69 Å². The minimum Gasteiger partial charge on any atom is -0.383 e. The van der Waals surface area contributed by atoms with Gasteiger partial charge in [-0.2, -0.15) is 0 Å². The molecule has 1 aromatic carbocycles. The van der Waals surface area contributed by atoms with Crippen molar-refractivity contribution < 1.29 is 4.74 Å². The molecule has 0 aromatic heterocycles. The molecule has 0 bridgehead atoms. The number of hydrogen-bond donors (Lipinski definition) is 1. The number of hydrogen-bond acceptors (Lipinski definition) is 3. The molecule has 0 aliphatic carbocycles. The number of rotatable bonds is 4. The maximum Gasteiger partial charge on any atom is 0.0633 e. The van der Waals surface area contributed by atoms with Gasteiger partial charge in [-0.3, -0.25) is 0 Å². The average molecular weight is 234 g/mol. The molecule has 1 aliphatic heterocycles. The Morgan fingerprint density at radius 2 is 2.12 bits per heavy atom. The smallest absolute Gasteiger partial charge is 0.0633 e. The Hall–Kier alpha value is -1.06. The summed E-state index contributed by atoms with van der Waals surface area (Å²) in [5, 5.41) is 3.48. The predicted octanol–water partition coefficient (Wildman–Crippen LogP) is 1.67. The second-order valence-corrected chi connectivity index (χ2v) is 4.57. The van der Waals surface area contributed by atoms with E-state index >= 15 is 0 Å². The van der Waals surface area contributed by atoms with Gasteiger partial charge in [0.1, 0.15) is 0 Å². The molecule has 1 fully saturated rings. The summed E-state index contributed by atoms with van der Waals surface area (Å²) in [5.41, 5.74) is 2.72. The molecule has 0 saturated carbocycles. The highest BCUT2D eigenvalue weighted by Crippen LogP contribution is 2.17. The third-order valence-corrected chi connectivity index (χ3v) is 3.33. The lowest BCUT2D eigenvalue weighted by Gasteiger charge is -2.35. The normalized spacial score (nSPS) is 20.6. The van der Waals surface area contributed by atoms with Crippen molar-refractivity contribution in [3.05, 3.63) is 29.8 Å². The number of aryl methyl sites for hydroxylation is 1. The zero-order valence-electron chi connectivity index (χ0n) is 10.8. The van der Waals surface area contributed by atoms with Crippen LogP contribution in [0.2, 0.25) is 0 Å². The molecule has 0 spiro atoms. The zero-order chi connectivity index (χ0) is 12.1. The van der Waals surface area contributed by atoms with Gasteiger partial charge in [-0.1, -0.05) is 19.1 Å². The fourth-order valence-corrected chi connectivity index (χ4v) is 2.32. The molecule has 1 aromatic rings. The van der Waals surface area contributed by atoms with Gasteiger partial charge in [0.2, 0.25) is 0 Å². The highest BCUT2D eigenvalue weighted by atomic mass is 16.5. The summed E-state index contributed by atoms with van der Waals surface area (Å²) < 4.78 is 5.21. The van der Waals surface area contributed by atoms with Crippen molar-refractivity contribution in [1.29, 1.82) is 0 Å². The molecule has 1 saturated heterocycles. The Labute approximate surface area is 104 Å². The summed E-state index contributed by atoms with van der Waals surface area (Å²) in [6.07, 6.45) is 1.11. The maximum absolute atomic E-state index is 5.21. The van der Waals surface area contributed by atoms with Crippen molar-refractivity contribution in [2.45, 2.75) is 19.4 Å². The fourth-order valence-electron chi connectivity index (χ4n) is 2.32. The van der Waals surface area contributed by atoms with Crippen molar-refractivity contribution in [1.82, 2.24) is 5.32 Å². The van der Waals surface area contributed by atoms with Crippen LogP contribution in [0.4, 0.5) is 5.69 Å². The third kappa shape index (κ3) is 3.20. The van der Waals surface area contributed by atoms with E-state index < -0.39 is 0 Å². The molecule has 2 rings (SSSR count). The quantitative estimate of drug-likeness (QED) is 0.857. The molecule has 3 heteroatoms. The molecule has 0 radical (unpaired) electrons. The molecular formula is C14H22N2O. The second kappa shape index (κ2) is 6.03. The topological polar surface area (TPSA) is 24.5 Å². The van der Waals surface area contributed by atoms with Crippen LogP contribution in [0.3, 0.4) is 0 Å². The molecule has 1 N–H and O–H groups in total. The molecule has 1 heterocycles. The molecular weight excluding hydrogens is 212 g/mol. The lowest BCUT2D eigenvalue weighted by molar-refractivity contribution is 0.163. The number of methoxy groups -OCH3 is 1. The molecule has 1 atom stereocenters. The van der Waals surface area contributed by atoms with Crippen molar-refractivity contribution in [3.8, 4) is 0 Å². The monoisotopic (exact) mass is 234 g/mol. The van der Waals surface area contributed by atoms with Crippen LogP contribution in [0.5, 0.6) is 0 Å². The van der Waals surface area contributed by atoms with Crippen LogP contribution in [0.15, 0.2) is 24.3 Å². The largest absolute Gasteiger partial charge is 0.383 e. The van der Waals surface area contributed by atoms with E-state index in [9.17, 15) is 0 Å². The van der Waals surface area contributed by atoms with Crippen LogP contribution in [0, 0.1) is 0 Å². The van der Waals surface area contributed by atoms with Gasteiger partial charge >= 0.3 is 0 Å². The van der Waals surface area contributed by atoms with E-state index in [1.165, 1.54) is 11.3 Å². The van der Waals surface area contributed by atoms with Crippen molar-refractivity contribution in [2.75, 3.05) is 38.3 Å². The summed E-state index contributed by atoms with van der Waals surface area (Å²) in [7, 11) is 1.76. The number of piperazine rings is 1. The molecule has 0 amide bonds. The number of benzene rings is 1. The number of nitrogens with zero attached hydrogens (tertiary/aromatic N) is 1. The van der Waals surface area contributed by atoms with Gasteiger partial charge in [0.25, 0.3) is 0 Å². The van der Waals surface area contributed by atoms with Crippen molar-refractivity contribution in [2.24, 2.45) is 0 Å². The first-order valence-corrected chi connectivity index (χ1v) is 6.39. The second-order valence-electron chi connectivity index (χ2n) is 4.57. The van der Waals surface area contributed by atoms with E-state index in [2.05, 4.69) is 41.4 Å². The predicted molar refractivity (Wildman–Crippen MR) is 71.7 cm³/mol. The Balaban J connectivity index is 2.00. The maximum atomic E-state index is 5.21. The molecule has 1 unspecified atom stereocenters. The Bertz CT molecular complexity index is 335. The summed E-state index contributed by atoms with van der Waals surface area (Å²) in [6, 6.07) is 9.35. The lowest BCUT2D eigenvalue weighted by atomic mass is 10.1. The van der Waals surface area contributed by atoms with E-state index in [-0.39, 0.29) is 0 Å².